The van der Waals surface area contributed by atoms with Gasteiger partial charge in [0.25, 0.3) is 5.91 Å². The SMILES string of the molecule is Cc1cccnc1Nc1nc2cc(N3CCC(O)CC3)c(C(=O)Nc3ccc4[nH]ncc4c3)cc2[nH]1. The number of anilines is 4. The van der Waals surface area contributed by atoms with Crippen LogP contribution < -0.4 is 15.5 Å². The molecule has 182 valence electrons. The quantitative estimate of drug-likeness (QED) is 0.255. The zero-order chi connectivity index (χ0) is 24.6. The van der Waals surface area contributed by atoms with E-state index >= 15 is 0 Å². The Kier molecular flexibility index (Phi) is 5.49. The van der Waals surface area contributed by atoms with Crippen LogP contribution in [0.1, 0.15) is 28.8 Å². The predicted octanol–water partition coefficient (Wildman–Crippen LogP) is 4.10. The van der Waals surface area contributed by atoms with E-state index in [9.17, 15) is 9.90 Å². The summed E-state index contributed by atoms with van der Waals surface area (Å²) in [5.74, 6) is 1.05. The zero-order valence-corrected chi connectivity index (χ0v) is 19.7. The Bertz CT molecular complexity index is 1570. The van der Waals surface area contributed by atoms with Gasteiger partial charge >= 0.3 is 0 Å². The van der Waals surface area contributed by atoms with Crippen LogP contribution in [0.3, 0.4) is 0 Å². The fraction of sp³-hybridized carbons (Fsp3) is 0.231. The third kappa shape index (κ3) is 4.22. The molecule has 36 heavy (non-hydrogen) atoms. The number of carbonyl (C=O) groups is 1. The first kappa shape index (κ1) is 22.1. The van der Waals surface area contributed by atoms with Crippen molar-refractivity contribution >= 4 is 51.0 Å². The van der Waals surface area contributed by atoms with Crippen molar-refractivity contribution in [1.82, 2.24) is 25.1 Å². The molecule has 1 amide bonds. The molecular formula is C26H26N8O2. The lowest BCUT2D eigenvalue weighted by atomic mass is 10.0. The number of amides is 1. The molecule has 0 bridgehead atoms. The molecule has 0 atom stereocenters. The number of rotatable bonds is 5. The second-order valence-electron chi connectivity index (χ2n) is 9.11. The molecule has 3 aromatic heterocycles. The number of carbonyl (C=O) groups excluding carboxylic acids is 1. The molecule has 4 heterocycles. The lowest BCUT2D eigenvalue weighted by molar-refractivity contribution is 0.102. The van der Waals surface area contributed by atoms with E-state index in [0.717, 1.165) is 39.0 Å². The van der Waals surface area contributed by atoms with Gasteiger partial charge in [0.1, 0.15) is 5.82 Å². The summed E-state index contributed by atoms with van der Waals surface area (Å²) in [6.45, 7) is 3.30. The predicted molar refractivity (Wildman–Crippen MR) is 140 cm³/mol. The van der Waals surface area contributed by atoms with Crippen molar-refractivity contribution in [3.8, 4) is 0 Å². The Morgan fingerprint density at radius 1 is 1.14 bits per heavy atom. The maximum absolute atomic E-state index is 13.5. The Hall–Kier alpha value is -4.44. The van der Waals surface area contributed by atoms with Crippen molar-refractivity contribution < 1.29 is 9.90 Å². The number of pyridine rings is 1. The zero-order valence-electron chi connectivity index (χ0n) is 19.7. The summed E-state index contributed by atoms with van der Waals surface area (Å²) in [6, 6.07) is 13.3. The summed E-state index contributed by atoms with van der Waals surface area (Å²) in [5, 5.41) is 24.2. The van der Waals surface area contributed by atoms with Crippen LogP contribution in [0.15, 0.2) is 54.9 Å². The largest absolute Gasteiger partial charge is 0.393 e. The average Bonchev–Trinajstić information content (AvgIpc) is 3.51. The molecular weight excluding hydrogens is 456 g/mol. The monoisotopic (exact) mass is 482 g/mol. The molecule has 0 aliphatic carbocycles. The molecule has 1 aliphatic heterocycles. The summed E-state index contributed by atoms with van der Waals surface area (Å²) < 4.78 is 0. The fourth-order valence-corrected chi connectivity index (χ4v) is 4.60. The van der Waals surface area contributed by atoms with Gasteiger partial charge in [0, 0.05) is 30.4 Å². The lowest BCUT2D eigenvalue weighted by Crippen LogP contribution is -2.37. The second kappa shape index (κ2) is 8.97. The highest BCUT2D eigenvalue weighted by Gasteiger charge is 2.24. The summed E-state index contributed by atoms with van der Waals surface area (Å²) in [4.78, 5) is 28.0. The number of imidazole rings is 1. The molecule has 0 spiro atoms. The maximum Gasteiger partial charge on any atom is 0.257 e. The number of aliphatic hydroxyl groups is 1. The first-order chi connectivity index (χ1) is 17.5. The van der Waals surface area contributed by atoms with E-state index in [2.05, 4.69) is 35.7 Å². The number of H-pyrrole nitrogens is 2. The topological polar surface area (TPSA) is 135 Å². The molecule has 1 aliphatic rings. The highest BCUT2D eigenvalue weighted by Crippen LogP contribution is 2.31. The fourth-order valence-electron chi connectivity index (χ4n) is 4.60. The van der Waals surface area contributed by atoms with Crippen molar-refractivity contribution in [2.24, 2.45) is 0 Å². The Labute approximate surface area is 206 Å². The number of piperidine rings is 1. The lowest BCUT2D eigenvalue weighted by Gasteiger charge is -2.32. The van der Waals surface area contributed by atoms with Gasteiger partial charge in [-0.25, -0.2) is 9.97 Å². The Morgan fingerprint density at radius 3 is 2.83 bits per heavy atom. The summed E-state index contributed by atoms with van der Waals surface area (Å²) in [6.07, 6.45) is 4.45. The molecule has 10 nitrogen and oxygen atoms in total. The maximum atomic E-state index is 13.5. The molecule has 0 unspecified atom stereocenters. The number of benzene rings is 2. The molecule has 6 rings (SSSR count). The van der Waals surface area contributed by atoms with E-state index in [0.29, 0.717) is 43.1 Å². The molecule has 10 heteroatoms. The Morgan fingerprint density at radius 2 is 2.00 bits per heavy atom. The molecule has 0 radical (unpaired) electrons. The number of nitrogens with one attached hydrogen (secondary N) is 4. The van der Waals surface area contributed by atoms with Gasteiger partial charge in [0.15, 0.2) is 0 Å². The summed E-state index contributed by atoms with van der Waals surface area (Å²) in [5.41, 5.74) is 5.40. The van der Waals surface area contributed by atoms with E-state index in [1.165, 1.54) is 0 Å². The normalized spacial score (nSPS) is 14.4. The number of aromatic nitrogens is 5. The number of fused-ring (bicyclic) bond motifs is 2. The highest BCUT2D eigenvalue weighted by molar-refractivity contribution is 6.11. The number of hydrogen-bond acceptors (Lipinski definition) is 7. The van der Waals surface area contributed by atoms with E-state index in [-0.39, 0.29) is 12.0 Å². The molecule has 1 saturated heterocycles. The first-order valence-electron chi connectivity index (χ1n) is 11.9. The van der Waals surface area contributed by atoms with Gasteiger partial charge < -0.3 is 25.6 Å². The van der Waals surface area contributed by atoms with Crippen LogP contribution >= 0.6 is 0 Å². The van der Waals surface area contributed by atoms with Gasteiger partial charge in [-0.15, -0.1) is 0 Å². The first-order valence-corrected chi connectivity index (χ1v) is 11.9. The molecule has 2 aromatic carbocycles. The van der Waals surface area contributed by atoms with Crippen LogP contribution in [-0.4, -0.2) is 55.4 Å². The van der Waals surface area contributed by atoms with Crippen LogP contribution in [0, 0.1) is 6.92 Å². The molecule has 5 aromatic rings. The smallest absolute Gasteiger partial charge is 0.257 e. The van der Waals surface area contributed by atoms with Crippen molar-refractivity contribution in [1.29, 1.82) is 0 Å². The van der Waals surface area contributed by atoms with Crippen molar-refractivity contribution in [2.75, 3.05) is 28.6 Å². The van der Waals surface area contributed by atoms with Crippen molar-refractivity contribution in [2.45, 2.75) is 25.9 Å². The highest BCUT2D eigenvalue weighted by atomic mass is 16.3. The number of aromatic amines is 2. The third-order valence-electron chi connectivity index (χ3n) is 6.59. The van der Waals surface area contributed by atoms with E-state index in [1.807, 2.05) is 49.4 Å². The minimum Gasteiger partial charge on any atom is -0.393 e. The standard InChI is InChI=1S/C26H26N8O2/c1-15-3-2-8-27-24(15)32-26-30-21-12-19(23(13-22(21)31-26)34-9-6-18(35)7-10-34)25(36)29-17-4-5-20-16(11-17)14-28-33-20/h2-5,8,11-14,18,35H,6-7,9-10H2,1H3,(H,28,33)(H,29,36)(H2,27,30,31,32). The van der Waals surface area contributed by atoms with E-state index in [1.54, 1.807) is 12.4 Å². The van der Waals surface area contributed by atoms with Crippen LogP contribution in [0.25, 0.3) is 21.9 Å². The average molecular weight is 483 g/mol. The van der Waals surface area contributed by atoms with Crippen LogP contribution in [-0.2, 0) is 0 Å². The van der Waals surface area contributed by atoms with Gasteiger partial charge in [-0.05, 0) is 61.7 Å². The van der Waals surface area contributed by atoms with Gasteiger partial charge in [-0.3, -0.25) is 9.89 Å². The number of hydrogen-bond donors (Lipinski definition) is 5. The number of nitrogens with zero attached hydrogens (tertiary/aromatic N) is 4. The van der Waals surface area contributed by atoms with Crippen molar-refractivity contribution in [3.05, 3.63) is 66.0 Å². The summed E-state index contributed by atoms with van der Waals surface area (Å²) >= 11 is 0. The van der Waals surface area contributed by atoms with Crippen LogP contribution in [0.5, 0.6) is 0 Å². The Balaban J connectivity index is 1.36. The second-order valence-corrected chi connectivity index (χ2v) is 9.11. The van der Waals surface area contributed by atoms with E-state index < -0.39 is 0 Å². The van der Waals surface area contributed by atoms with Gasteiger partial charge in [-0.2, -0.15) is 5.10 Å². The molecule has 5 N–H and O–H groups in total. The van der Waals surface area contributed by atoms with Gasteiger partial charge in [0.05, 0.1) is 40.1 Å². The molecule has 1 fully saturated rings. The van der Waals surface area contributed by atoms with Gasteiger partial charge in [-0.1, -0.05) is 6.07 Å². The number of aryl methyl sites for hydroxylation is 1. The minimum absolute atomic E-state index is 0.217. The molecule has 0 saturated carbocycles. The third-order valence-corrected chi connectivity index (χ3v) is 6.59. The van der Waals surface area contributed by atoms with Crippen molar-refractivity contribution in [3.63, 3.8) is 0 Å². The summed E-state index contributed by atoms with van der Waals surface area (Å²) in [7, 11) is 0. The van der Waals surface area contributed by atoms with E-state index in [4.69, 9.17) is 4.98 Å². The van der Waals surface area contributed by atoms with Crippen LogP contribution in [0.2, 0.25) is 0 Å². The van der Waals surface area contributed by atoms with Gasteiger partial charge in [0.2, 0.25) is 5.95 Å². The number of aliphatic hydroxyl groups excluding tert-OH is 1. The van der Waals surface area contributed by atoms with Crippen LogP contribution in [0.4, 0.5) is 23.1 Å². The minimum atomic E-state index is -0.313.